The van der Waals surface area contributed by atoms with Crippen molar-refractivity contribution in [3.63, 3.8) is 0 Å². The number of nitrogens with one attached hydrogen (secondary N) is 1. The molecule has 1 aliphatic heterocycles. The summed E-state index contributed by atoms with van der Waals surface area (Å²) >= 11 is 0. The fourth-order valence-electron chi connectivity index (χ4n) is 1.47. The maximum absolute atomic E-state index is 11.7. The van der Waals surface area contributed by atoms with Crippen LogP contribution in [0.3, 0.4) is 0 Å². The van der Waals surface area contributed by atoms with Crippen molar-refractivity contribution in [3.8, 4) is 0 Å². The van der Waals surface area contributed by atoms with Crippen molar-refractivity contribution in [1.29, 1.82) is 0 Å². The molecule has 6 nitrogen and oxygen atoms in total. The standard InChI is InChI=1S/C10H14N4O2/c15-10(14-3-5-16-6-4-14)13-8-9-7-11-1-2-12-9/h1-2,7H,3-6,8H2,(H,13,15). The molecule has 1 aromatic rings. The van der Waals surface area contributed by atoms with E-state index >= 15 is 0 Å². The van der Waals surface area contributed by atoms with Crippen LogP contribution in [-0.2, 0) is 11.3 Å². The number of urea groups is 1. The molecular formula is C10H14N4O2. The molecule has 0 saturated carbocycles. The van der Waals surface area contributed by atoms with Crippen LogP contribution in [0.5, 0.6) is 0 Å². The second-order valence-corrected chi connectivity index (χ2v) is 3.45. The Kier molecular flexibility index (Phi) is 3.66. The van der Waals surface area contributed by atoms with Crippen LogP contribution < -0.4 is 5.32 Å². The summed E-state index contributed by atoms with van der Waals surface area (Å²) in [7, 11) is 0. The second kappa shape index (κ2) is 5.41. The van der Waals surface area contributed by atoms with Gasteiger partial charge in [0.2, 0.25) is 0 Å². The first-order valence-electron chi connectivity index (χ1n) is 5.21. The zero-order valence-corrected chi connectivity index (χ0v) is 8.93. The Bertz CT molecular complexity index is 338. The van der Waals surface area contributed by atoms with Gasteiger partial charge in [0.05, 0.1) is 31.6 Å². The van der Waals surface area contributed by atoms with Crippen LogP contribution in [0, 0.1) is 0 Å². The summed E-state index contributed by atoms with van der Waals surface area (Å²) < 4.78 is 5.17. The SMILES string of the molecule is O=C(NCc1cnccn1)N1CCOCC1. The molecule has 2 rings (SSSR count). The lowest BCUT2D eigenvalue weighted by Crippen LogP contribution is -2.45. The molecule has 2 amide bonds. The van der Waals surface area contributed by atoms with E-state index in [9.17, 15) is 4.79 Å². The van der Waals surface area contributed by atoms with Gasteiger partial charge < -0.3 is 15.0 Å². The Labute approximate surface area is 93.6 Å². The van der Waals surface area contributed by atoms with Crippen molar-refractivity contribution in [2.45, 2.75) is 6.54 Å². The van der Waals surface area contributed by atoms with Crippen molar-refractivity contribution in [2.24, 2.45) is 0 Å². The Balaban J connectivity index is 1.79. The van der Waals surface area contributed by atoms with Gasteiger partial charge in [0, 0.05) is 25.5 Å². The Morgan fingerprint density at radius 1 is 1.44 bits per heavy atom. The average molecular weight is 222 g/mol. The maximum atomic E-state index is 11.7. The molecule has 0 aliphatic carbocycles. The van der Waals surface area contributed by atoms with Crippen LogP contribution in [0.2, 0.25) is 0 Å². The highest BCUT2D eigenvalue weighted by atomic mass is 16.5. The van der Waals surface area contributed by atoms with Gasteiger partial charge in [-0.1, -0.05) is 0 Å². The lowest BCUT2D eigenvalue weighted by molar-refractivity contribution is 0.0531. The highest BCUT2D eigenvalue weighted by Gasteiger charge is 2.15. The number of morpholine rings is 1. The molecule has 6 heteroatoms. The van der Waals surface area contributed by atoms with Crippen molar-refractivity contribution in [1.82, 2.24) is 20.2 Å². The van der Waals surface area contributed by atoms with E-state index in [1.165, 1.54) is 0 Å². The zero-order valence-electron chi connectivity index (χ0n) is 8.93. The molecule has 0 bridgehead atoms. The van der Waals surface area contributed by atoms with Gasteiger partial charge in [-0.05, 0) is 0 Å². The Hall–Kier alpha value is -1.69. The lowest BCUT2D eigenvalue weighted by atomic mass is 10.4. The van der Waals surface area contributed by atoms with Gasteiger partial charge in [0.25, 0.3) is 0 Å². The summed E-state index contributed by atoms with van der Waals surface area (Å²) in [6.07, 6.45) is 4.85. The Morgan fingerprint density at radius 2 is 2.25 bits per heavy atom. The molecule has 0 atom stereocenters. The van der Waals surface area contributed by atoms with E-state index in [1.807, 2.05) is 0 Å². The molecule has 1 fully saturated rings. The normalized spacial score (nSPS) is 15.9. The van der Waals surface area contributed by atoms with E-state index in [0.29, 0.717) is 32.8 Å². The quantitative estimate of drug-likeness (QED) is 0.766. The molecule has 86 valence electrons. The van der Waals surface area contributed by atoms with Crippen LogP contribution in [0.1, 0.15) is 5.69 Å². The minimum Gasteiger partial charge on any atom is -0.378 e. The maximum Gasteiger partial charge on any atom is 0.317 e. The summed E-state index contributed by atoms with van der Waals surface area (Å²) in [4.78, 5) is 21.4. The predicted molar refractivity (Wildman–Crippen MR) is 56.7 cm³/mol. The minimum absolute atomic E-state index is 0.0750. The largest absolute Gasteiger partial charge is 0.378 e. The molecule has 0 spiro atoms. The third kappa shape index (κ3) is 2.90. The molecule has 0 unspecified atom stereocenters. The third-order valence-corrected chi connectivity index (χ3v) is 2.34. The van der Waals surface area contributed by atoms with E-state index in [1.54, 1.807) is 23.5 Å². The summed E-state index contributed by atoms with van der Waals surface area (Å²) in [6.45, 7) is 2.92. The number of carbonyl (C=O) groups excluding carboxylic acids is 1. The summed E-state index contributed by atoms with van der Waals surface area (Å²) in [5.41, 5.74) is 0.754. The van der Waals surface area contributed by atoms with Gasteiger partial charge in [0.1, 0.15) is 0 Å². The first-order chi connectivity index (χ1) is 7.86. The van der Waals surface area contributed by atoms with Crippen LogP contribution in [-0.4, -0.2) is 47.2 Å². The van der Waals surface area contributed by atoms with Gasteiger partial charge in [-0.15, -0.1) is 0 Å². The van der Waals surface area contributed by atoms with Gasteiger partial charge in [0.15, 0.2) is 0 Å². The number of hydrogen-bond acceptors (Lipinski definition) is 4. The lowest BCUT2D eigenvalue weighted by Gasteiger charge is -2.26. The minimum atomic E-state index is -0.0750. The number of amides is 2. The monoisotopic (exact) mass is 222 g/mol. The summed E-state index contributed by atoms with van der Waals surface area (Å²) in [6, 6.07) is -0.0750. The first-order valence-corrected chi connectivity index (χ1v) is 5.21. The summed E-state index contributed by atoms with van der Waals surface area (Å²) in [5.74, 6) is 0. The molecule has 0 aromatic carbocycles. The number of hydrogen-bond donors (Lipinski definition) is 1. The first kappa shape index (κ1) is 10.8. The Morgan fingerprint density at radius 3 is 2.94 bits per heavy atom. The van der Waals surface area contributed by atoms with Gasteiger partial charge in [-0.2, -0.15) is 0 Å². The molecule has 1 aromatic heterocycles. The molecule has 16 heavy (non-hydrogen) atoms. The van der Waals surface area contributed by atoms with E-state index in [-0.39, 0.29) is 6.03 Å². The highest BCUT2D eigenvalue weighted by Crippen LogP contribution is 1.97. The van der Waals surface area contributed by atoms with Crippen LogP contribution >= 0.6 is 0 Å². The zero-order chi connectivity index (χ0) is 11.2. The fourth-order valence-corrected chi connectivity index (χ4v) is 1.47. The molecule has 2 heterocycles. The van der Waals surface area contributed by atoms with Crippen molar-refractivity contribution in [3.05, 3.63) is 24.3 Å². The molecule has 1 N–H and O–H groups in total. The van der Waals surface area contributed by atoms with E-state index in [4.69, 9.17) is 4.74 Å². The highest BCUT2D eigenvalue weighted by molar-refractivity contribution is 5.74. The van der Waals surface area contributed by atoms with Crippen LogP contribution in [0.4, 0.5) is 4.79 Å². The smallest absolute Gasteiger partial charge is 0.317 e. The molecule has 1 saturated heterocycles. The molecule has 0 radical (unpaired) electrons. The number of aromatic nitrogens is 2. The molecular weight excluding hydrogens is 208 g/mol. The van der Waals surface area contributed by atoms with E-state index in [0.717, 1.165) is 5.69 Å². The topological polar surface area (TPSA) is 67.4 Å². The predicted octanol–water partition coefficient (Wildman–Crippen LogP) is 0.0184. The number of rotatable bonds is 2. The molecule has 1 aliphatic rings. The average Bonchev–Trinajstić information content (AvgIpc) is 2.38. The second-order valence-electron chi connectivity index (χ2n) is 3.45. The number of nitrogens with zero attached hydrogens (tertiary/aromatic N) is 3. The van der Waals surface area contributed by atoms with E-state index < -0.39 is 0 Å². The number of ether oxygens (including phenoxy) is 1. The van der Waals surface area contributed by atoms with Crippen molar-refractivity contribution < 1.29 is 9.53 Å². The van der Waals surface area contributed by atoms with Gasteiger partial charge in [-0.25, -0.2) is 4.79 Å². The van der Waals surface area contributed by atoms with Crippen molar-refractivity contribution in [2.75, 3.05) is 26.3 Å². The van der Waals surface area contributed by atoms with Gasteiger partial charge in [-0.3, -0.25) is 9.97 Å². The van der Waals surface area contributed by atoms with Crippen molar-refractivity contribution >= 4 is 6.03 Å². The van der Waals surface area contributed by atoms with E-state index in [2.05, 4.69) is 15.3 Å². The van der Waals surface area contributed by atoms with Crippen LogP contribution in [0.15, 0.2) is 18.6 Å². The number of carbonyl (C=O) groups is 1. The van der Waals surface area contributed by atoms with Gasteiger partial charge >= 0.3 is 6.03 Å². The van der Waals surface area contributed by atoms with Crippen LogP contribution in [0.25, 0.3) is 0 Å². The summed E-state index contributed by atoms with van der Waals surface area (Å²) in [5, 5.41) is 2.80. The fraction of sp³-hybridized carbons (Fsp3) is 0.500. The third-order valence-electron chi connectivity index (χ3n) is 2.34.